The van der Waals surface area contributed by atoms with Crippen molar-refractivity contribution in [1.29, 1.82) is 0 Å². The fourth-order valence-corrected chi connectivity index (χ4v) is 2.48. The third kappa shape index (κ3) is 2.95. The topological polar surface area (TPSA) is 51.8 Å². The van der Waals surface area contributed by atoms with E-state index in [4.69, 9.17) is 5.73 Å². The predicted octanol–water partition coefficient (Wildman–Crippen LogP) is 3.75. The van der Waals surface area contributed by atoms with Crippen molar-refractivity contribution in [2.24, 2.45) is 0 Å². The van der Waals surface area contributed by atoms with Crippen molar-refractivity contribution in [2.75, 3.05) is 11.5 Å². The summed E-state index contributed by atoms with van der Waals surface area (Å²) in [7, 11) is 0. The number of rotatable bonds is 3. The lowest BCUT2D eigenvalue weighted by Crippen LogP contribution is -2.02. The van der Waals surface area contributed by atoms with Gasteiger partial charge in [-0.25, -0.2) is 9.97 Å². The van der Waals surface area contributed by atoms with Crippen LogP contribution in [-0.2, 0) is 0 Å². The van der Waals surface area contributed by atoms with Crippen LogP contribution in [0.3, 0.4) is 0 Å². The van der Waals surface area contributed by atoms with E-state index in [1.54, 1.807) is 0 Å². The molecule has 94 valence electrons. The molecular weight excluding hydrogens is 357 g/mol. The van der Waals surface area contributed by atoms with E-state index in [1.807, 2.05) is 30.8 Å². The molecule has 0 aliphatic heterocycles. The number of aryl methyl sites for hydroxylation is 1. The second-order valence-electron chi connectivity index (χ2n) is 3.79. The molecule has 0 bridgehead atoms. The molecular formula is C13H14IN3S. The van der Waals surface area contributed by atoms with Crippen molar-refractivity contribution < 1.29 is 0 Å². The third-order valence-corrected chi connectivity index (χ3v) is 4.69. The Kier molecular flexibility index (Phi) is 4.45. The van der Waals surface area contributed by atoms with Crippen LogP contribution in [-0.4, -0.2) is 15.7 Å². The summed E-state index contributed by atoms with van der Waals surface area (Å²) in [6, 6.07) is 8.27. The van der Waals surface area contributed by atoms with E-state index in [1.165, 1.54) is 4.90 Å². The van der Waals surface area contributed by atoms with Gasteiger partial charge in [0.1, 0.15) is 5.82 Å². The average Bonchev–Trinajstić information content (AvgIpc) is 2.37. The Morgan fingerprint density at radius 3 is 2.44 bits per heavy atom. The first kappa shape index (κ1) is 13.6. The van der Waals surface area contributed by atoms with Crippen LogP contribution >= 0.6 is 34.4 Å². The minimum atomic E-state index is 0.546. The van der Waals surface area contributed by atoms with Crippen LogP contribution in [0.1, 0.15) is 12.6 Å². The zero-order valence-electron chi connectivity index (χ0n) is 10.3. The number of anilines is 1. The SMILES string of the molecule is CCSc1ccc(-c2nc(C)c(I)c(N)n2)cc1. The first-order valence-electron chi connectivity index (χ1n) is 5.64. The van der Waals surface area contributed by atoms with Crippen molar-refractivity contribution in [1.82, 2.24) is 9.97 Å². The quantitative estimate of drug-likeness (QED) is 0.660. The largest absolute Gasteiger partial charge is 0.383 e. The van der Waals surface area contributed by atoms with Gasteiger partial charge in [0.2, 0.25) is 0 Å². The highest BCUT2D eigenvalue weighted by Crippen LogP contribution is 2.24. The van der Waals surface area contributed by atoms with Crippen molar-refractivity contribution in [3.8, 4) is 11.4 Å². The van der Waals surface area contributed by atoms with Gasteiger partial charge in [0.05, 0.1) is 9.26 Å². The maximum Gasteiger partial charge on any atom is 0.161 e. The van der Waals surface area contributed by atoms with Gasteiger partial charge in [-0.15, -0.1) is 11.8 Å². The van der Waals surface area contributed by atoms with E-state index in [0.717, 1.165) is 20.6 Å². The van der Waals surface area contributed by atoms with Crippen LogP contribution in [0.4, 0.5) is 5.82 Å². The Labute approximate surface area is 125 Å². The summed E-state index contributed by atoms with van der Waals surface area (Å²) in [5.41, 5.74) is 7.80. The summed E-state index contributed by atoms with van der Waals surface area (Å²) in [5.74, 6) is 2.31. The first-order chi connectivity index (χ1) is 8.61. The first-order valence-corrected chi connectivity index (χ1v) is 7.71. The maximum atomic E-state index is 5.87. The summed E-state index contributed by atoms with van der Waals surface area (Å²) in [4.78, 5) is 10.1. The molecule has 0 saturated heterocycles. The highest BCUT2D eigenvalue weighted by atomic mass is 127. The van der Waals surface area contributed by atoms with Gasteiger partial charge in [-0.2, -0.15) is 0 Å². The normalized spacial score (nSPS) is 10.6. The van der Waals surface area contributed by atoms with Crippen LogP contribution in [0.15, 0.2) is 29.2 Å². The number of nitrogens with two attached hydrogens (primary N) is 1. The van der Waals surface area contributed by atoms with Gasteiger partial charge < -0.3 is 5.73 Å². The van der Waals surface area contributed by atoms with Crippen molar-refractivity contribution in [3.05, 3.63) is 33.5 Å². The fourth-order valence-electron chi connectivity index (χ4n) is 1.58. The van der Waals surface area contributed by atoms with E-state index in [0.29, 0.717) is 11.6 Å². The highest BCUT2D eigenvalue weighted by Gasteiger charge is 2.08. The molecule has 5 heteroatoms. The van der Waals surface area contributed by atoms with Crippen molar-refractivity contribution >= 4 is 40.2 Å². The molecule has 1 aromatic carbocycles. The molecule has 0 amide bonds. The minimum Gasteiger partial charge on any atom is -0.383 e. The molecule has 1 heterocycles. The summed E-state index contributed by atoms with van der Waals surface area (Å²) < 4.78 is 0.925. The Balaban J connectivity index is 2.36. The van der Waals surface area contributed by atoms with E-state index in [9.17, 15) is 0 Å². The Morgan fingerprint density at radius 1 is 1.22 bits per heavy atom. The molecule has 2 aromatic rings. The summed E-state index contributed by atoms with van der Waals surface area (Å²) in [6.45, 7) is 4.09. The summed E-state index contributed by atoms with van der Waals surface area (Å²) >= 11 is 3.99. The number of aromatic nitrogens is 2. The molecule has 18 heavy (non-hydrogen) atoms. The summed E-state index contributed by atoms with van der Waals surface area (Å²) in [5, 5.41) is 0. The van der Waals surface area contributed by atoms with Gasteiger partial charge >= 0.3 is 0 Å². The van der Waals surface area contributed by atoms with Gasteiger partial charge in [-0.3, -0.25) is 0 Å². The number of nitrogen functional groups attached to an aromatic ring is 1. The van der Waals surface area contributed by atoms with Crippen LogP contribution < -0.4 is 5.73 Å². The van der Waals surface area contributed by atoms with Crippen LogP contribution in [0.2, 0.25) is 0 Å². The smallest absolute Gasteiger partial charge is 0.161 e. The van der Waals surface area contributed by atoms with Crippen LogP contribution in [0.5, 0.6) is 0 Å². The fraction of sp³-hybridized carbons (Fsp3) is 0.231. The minimum absolute atomic E-state index is 0.546. The average molecular weight is 371 g/mol. The highest BCUT2D eigenvalue weighted by molar-refractivity contribution is 14.1. The molecule has 0 spiro atoms. The van der Waals surface area contributed by atoms with E-state index >= 15 is 0 Å². The number of nitrogens with zero attached hydrogens (tertiary/aromatic N) is 2. The molecule has 0 fully saturated rings. The van der Waals surface area contributed by atoms with E-state index in [-0.39, 0.29) is 0 Å². The molecule has 3 nitrogen and oxygen atoms in total. The predicted molar refractivity (Wildman–Crippen MR) is 85.7 cm³/mol. The van der Waals surface area contributed by atoms with Gasteiger partial charge in [0.25, 0.3) is 0 Å². The Hall–Kier alpha value is -0.820. The molecule has 0 atom stereocenters. The number of hydrogen-bond acceptors (Lipinski definition) is 4. The second kappa shape index (κ2) is 5.88. The van der Waals surface area contributed by atoms with Gasteiger partial charge in [-0.05, 0) is 47.4 Å². The lowest BCUT2D eigenvalue weighted by atomic mass is 10.2. The standard InChI is InChI=1S/C13H14IN3S/c1-3-18-10-6-4-9(5-7-10)13-16-8(2)11(14)12(15)17-13/h4-7H,3H2,1-2H3,(H2,15,16,17). The Morgan fingerprint density at radius 2 is 1.89 bits per heavy atom. The van der Waals surface area contributed by atoms with Gasteiger partial charge in [-0.1, -0.05) is 19.1 Å². The lowest BCUT2D eigenvalue weighted by Gasteiger charge is -2.06. The molecule has 0 aliphatic carbocycles. The molecule has 1 aromatic heterocycles. The monoisotopic (exact) mass is 371 g/mol. The number of thioether (sulfide) groups is 1. The third-order valence-electron chi connectivity index (χ3n) is 2.47. The Bertz CT molecular complexity index is 532. The van der Waals surface area contributed by atoms with Gasteiger partial charge in [0, 0.05) is 10.5 Å². The zero-order valence-corrected chi connectivity index (χ0v) is 13.2. The maximum absolute atomic E-state index is 5.87. The van der Waals surface area contributed by atoms with Crippen molar-refractivity contribution in [3.63, 3.8) is 0 Å². The second-order valence-corrected chi connectivity index (χ2v) is 6.21. The zero-order chi connectivity index (χ0) is 13.1. The molecule has 0 aliphatic rings. The summed E-state index contributed by atoms with van der Waals surface area (Å²) in [6.07, 6.45) is 0. The number of hydrogen-bond donors (Lipinski definition) is 1. The molecule has 0 radical (unpaired) electrons. The van der Waals surface area contributed by atoms with E-state index in [2.05, 4.69) is 51.6 Å². The number of halogens is 1. The van der Waals surface area contributed by atoms with Crippen LogP contribution in [0.25, 0.3) is 11.4 Å². The molecule has 2 N–H and O–H groups in total. The lowest BCUT2D eigenvalue weighted by molar-refractivity contribution is 1.10. The van der Waals surface area contributed by atoms with Gasteiger partial charge in [0.15, 0.2) is 5.82 Å². The molecule has 2 rings (SSSR count). The molecule has 0 saturated carbocycles. The molecule has 0 unspecified atom stereocenters. The van der Waals surface area contributed by atoms with E-state index < -0.39 is 0 Å². The van der Waals surface area contributed by atoms with Crippen LogP contribution in [0, 0.1) is 10.5 Å². The number of benzene rings is 1. The van der Waals surface area contributed by atoms with Crippen molar-refractivity contribution in [2.45, 2.75) is 18.7 Å².